The minimum atomic E-state index is -4.58. The van der Waals surface area contributed by atoms with Crippen molar-refractivity contribution in [3.8, 4) is 0 Å². The topological polar surface area (TPSA) is 71.4 Å². The van der Waals surface area contributed by atoms with Crippen molar-refractivity contribution in [2.24, 2.45) is 5.10 Å². The molecule has 0 atom stereocenters. The molecule has 3 rings (SSSR count). The van der Waals surface area contributed by atoms with Crippen LogP contribution in [0.25, 0.3) is 0 Å². The van der Waals surface area contributed by atoms with Crippen LogP contribution in [0.4, 0.5) is 13.2 Å². The lowest BCUT2D eigenvalue weighted by Gasteiger charge is -2.10. The van der Waals surface area contributed by atoms with Crippen molar-refractivity contribution in [2.75, 3.05) is 0 Å². The molecular weight excluding hydrogens is 459 g/mol. The van der Waals surface area contributed by atoms with Crippen molar-refractivity contribution in [1.82, 2.24) is 9.82 Å². The first-order valence-electron chi connectivity index (χ1n) is 8.26. The first-order chi connectivity index (χ1) is 14.1. The number of halogens is 4. The van der Waals surface area contributed by atoms with E-state index in [1.54, 1.807) is 42.5 Å². The fourth-order valence-electron chi connectivity index (χ4n) is 2.23. The third kappa shape index (κ3) is 5.74. The van der Waals surface area contributed by atoms with Gasteiger partial charge in [-0.2, -0.15) is 26.7 Å². The summed E-state index contributed by atoms with van der Waals surface area (Å²) in [4.78, 5) is 6.59. The number of hydrogen-bond acceptors (Lipinski definition) is 5. The normalized spacial score (nSPS) is 12.3. The Hall–Kier alpha value is -2.56. The number of alkyl halides is 3. The van der Waals surface area contributed by atoms with Crippen LogP contribution in [0, 0.1) is 0 Å². The Morgan fingerprint density at radius 3 is 2.37 bits per heavy atom. The maximum absolute atomic E-state index is 13.1. The van der Waals surface area contributed by atoms with Crippen LogP contribution in [0.5, 0.6) is 0 Å². The van der Waals surface area contributed by atoms with Crippen LogP contribution in [0.1, 0.15) is 11.3 Å². The van der Waals surface area contributed by atoms with E-state index in [-0.39, 0.29) is 15.5 Å². The lowest BCUT2D eigenvalue weighted by Crippen LogP contribution is -2.18. The van der Waals surface area contributed by atoms with Gasteiger partial charge in [-0.05, 0) is 42.5 Å². The predicted molar refractivity (Wildman–Crippen MR) is 109 cm³/mol. The number of aromatic nitrogens is 1. The molecule has 0 amide bonds. The standard InChI is InChI=1S/C19H13ClF3N3O2S2/c20-14-6-8-15(9-7-14)29-18-10-13(19(21,22)23)11-24-17(18)12-25-26-30(27,28)16-4-2-1-3-5-16/h1-12,26H. The van der Waals surface area contributed by atoms with Crippen LogP contribution >= 0.6 is 23.4 Å². The molecule has 1 heterocycles. The van der Waals surface area contributed by atoms with E-state index in [9.17, 15) is 21.6 Å². The number of benzene rings is 2. The second-order valence-corrected chi connectivity index (χ2v) is 9.04. The van der Waals surface area contributed by atoms with E-state index in [2.05, 4.69) is 10.1 Å². The Bertz CT molecular complexity index is 1150. The minimum Gasteiger partial charge on any atom is -0.253 e. The van der Waals surface area contributed by atoms with Gasteiger partial charge in [0.2, 0.25) is 0 Å². The van der Waals surface area contributed by atoms with E-state index >= 15 is 0 Å². The summed E-state index contributed by atoms with van der Waals surface area (Å²) in [5.41, 5.74) is -0.861. The highest BCUT2D eigenvalue weighted by atomic mass is 35.5. The highest BCUT2D eigenvalue weighted by Crippen LogP contribution is 2.35. The van der Waals surface area contributed by atoms with Crippen LogP contribution in [0.3, 0.4) is 0 Å². The molecule has 5 nitrogen and oxygen atoms in total. The van der Waals surface area contributed by atoms with Crippen molar-refractivity contribution in [3.63, 3.8) is 0 Å². The third-order valence-corrected chi connectivity index (χ3v) is 6.21. The van der Waals surface area contributed by atoms with E-state index in [1.165, 1.54) is 12.1 Å². The molecule has 11 heteroatoms. The van der Waals surface area contributed by atoms with E-state index in [4.69, 9.17) is 11.6 Å². The lowest BCUT2D eigenvalue weighted by atomic mass is 10.2. The molecule has 1 aromatic heterocycles. The molecule has 3 aromatic rings. The largest absolute Gasteiger partial charge is 0.417 e. The highest BCUT2D eigenvalue weighted by molar-refractivity contribution is 7.99. The molecule has 0 aliphatic carbocycles. The molecule has 156 valence electrons. The van der Waals surface area contributed by atoms with Gasteiger partial charge in [0.25, 0.3) is 10.0 Å². The molecular formula is C19H13ClF3N3O2S2. The SMILES string of the molecule is O=S(=O)(NN=Cc1ncc(C(F)(F)F)cc1Sc1ccc(Cl)cc1)c1ccccc1. The Labute approximate surface area is 180 Å². The number of nitrogens with zero attached hydrogens (tertiary/aromatic N) is 2. The zero-order valence-electron chi connectivity index (χ0n) is 15.0. The Morgan fingerprint density at radius 2 is 1.73 bits per heavy atom. The number of rotatable bonds is 6. The zero-order valence-corrected chi connectivity index (χ0v) is 17.4. The summed E-state index contributed by atoms with van der Waals surface area (Å²) >= 11 is 6.85. The van der Waals surface area contributed by atoms with E-state index in [0.717, 1.165) is 24.0 Å². The summed E-state index contributed by atoms with van der Waals surface area (Å²) < 4.78 is 63.7. The van der Waals surface area contributed by atoms with Gasteiger partial charge in [-0.25, -0.2) is 4.83 Å². The molecule has 0 saturated heterocycles. The van der Waals surface area contributed by atoms with Gasteiger partial charge in [-0.15, -0.1) is 0 Å². The smallest absolute Gasteiger partial charge is 0.253 e. The predicted octanol–water partition coefficient (Wildman–Crippen LogP) is 5.22. The first-order valence-corrected chi connectivity index (χ1v) is 10.9. The second-order valence-electron chi connectivity index (χ2n) is 5.83. The van der Waals surface area contributed by atoms with Crippen molar-refractivity contribution in [3.05, 3.63) is 83.1 Å². The van der Waals surface area contributed by atoms with Crippen LogP contribution in [0.2, 0.25) is 5.02 Å². The molecule has 0 radical (unpaired) electrons. The van der Waals surface area contributed by atoms with E-state index in [1.807, 2.05) is 4.83 Å². The van der Waals surface area contributed by atoms with E-state index < -0.39 is 21.8 Å². The average Bonchev–Trinajstić information content (AvgIpc) is 2.70. The van der Waals surface area contributed by atoms with E-state index in [0.29, 0.717) is 16.1 Å². The highest BCUT2D eigenvalue weighted by Gasteiger charge is 2.31. The Balaban J connectivity index is 1.89. The van der Waals surface area contributed by atoms with Gasteiger partial charge in [0.1, 0.15) is 0 Å². The fourth-order valence-corrected chi connectivity index (χ4v) is 4.09. The summed E-state index contributed by atoms with van der Waals surface area (Å²) in [6.07, 6.45) is -2.86. The number of nitrogens with one attached hydrogen (secondary N) is 1. The molecule has 0 aliphatic rings. The first kappa shape index (κ1) is 22.1. The van der Waals surface area contributed by atoms with Gasteiger partial charge >= 0.3 is 6.18 Å². The van der Waals surface area contributed by atoms with Crippen LogP contribution in [0.15, 0.2) is 86.6 Å². The molecule has 0 bridgehead atoms. The zero-order chi connectivity index (χ0) is 21.8. The van der Waals surface area contributed by atoms with Crippen LogP contribution in [-0.2, 0) is 16.2 Å². The van der Waals surface area contributed by atoms with Gasteiger partial charge in [-0.3, -0.25) is 4.98 Å². The summed E-state index contributed by atoms with van der Waals surface area (Å²) in [6.45, 7) is 0. The van der Waals surface area contributed by atoms with Gasteiger partial charge in [0.05, 0.1) is 22.4 Å². The number of hydrazone groups is 1. The van der Waals surface area contributed by atoms with Crippen molar-refractivity contribution in [1.29, 1.82) is 0 Å². The lowest BCUT2D eigenvalue weighted by molar-refractivity contribution is -0.138. The van der Waals surface area contributed by atoms with Gasteiger partial charge in [0.15, 0.2) is 0 Å². The maximum atomic E-state index is 13.1. The monoisotopic (exact) mass is 471 g/mol. The molecule has 30 heavy (non-hydrogen) atoms. The molecule has 0 saturated carbocycles. The summed E-state index contributed by atoms with van der Waals surface area (Å²) in [7, 11) is -3.92. The summed E-state index contributed by atoms with van der Waals surface area (Å²) in [6, 6.07) is 15.0. The van der Waals surface area contributed by atoms with Crippen molar-refractivity contribution in [2.45, 2.75) is 20.9 Å². The van der Waals surface area contributed by atoms with Gasteiger partial charge in [-0.1, -0.05) is 41.6 Å². The maximum Gasteiger partial charge on any atom is 0.417 e. The van der Waals surface area contributed by atoms with Crippen LogP contribution < -0.4 is 4.83 Å². The quantitative estimate of drug-likeness (QED) is 0.395. The molecule has 0 aliphatic heterocycles. The van der Waals surface area contributed by atoms with Crippen LogP contribution in [-0.4, -0.2) is 19.6 Å². The fraction of sp³-hybridized carbons (Fsp3) is 0.0526. The molecule has 0 spiro atoms. The van der Waals surface area contributed by atoms with Crippen molar-refractivity contribution < 1.29 is 21.6 Å². The average molecular weight is 472 g/mol. The number of pyridine rings is 1. The van der Waals surface area contributed by atoms with Gasteiger partial charge in [0, 0.05) is 21.0 Å². The molecule has 2 aromatic carbocycles. The summed E-state index contributed by atoms with van der Waals surface area (Å²) in [5.74, 6) is 0. The molecule has 0 fully saturated rings. The Kier molecular flexibility index (Phi) is 6.69. The van der Waals surface area contributed by atoms with Crippen molar-refractivity contribution >= 4 is 39.6 Å². The van der Waals surface area contributed by atoms with Gasteiger partial charge < -0.3 is 0 Å². The Morgan fingerprint density at radius 1 is 1.07 bits per heavy atom. The molecule has 1 N–H and O–H groups in total. The third-order valence-electron chi connectivity index (χ3n) is 3.66. The minimum absolute atomic E-state index is 0.00158. The summed E-state index contributed by atoms with van der Waals surface area (Å²) in [5, 5.41) is 4.14. The molecule has 0 unspecified atom stereocenters. The number of hydrogen-bond donors (Lipinski definition) is 1. The number of sulfonamides is 1. The second kappa shape index (κ2) is 9.07.